The van der Waals surface area contributed by atoms with E-state index in [1.165, 1.54) is 0 Å². The number of aliphatic carboxylic acids is 1. The van der Waals surface area contributed by atoms with Gasteiger partial charge >= 0.3 is 5.97 Å². The zero-order valence-corrected chi connectivity index (χ0v) is 12.0. The number of rotatable bonds is 9. The Labute approximate surface area is 110 Å². The second-order valence-corrected chi connectivity index (χ2v) is 5.54. The zero-order chi connectivity index (χ0) is 14.1. The van der Waals surface area contributed by atoms with Gasteiger partial charge in [0, 0.05) is 6.42 Å². The highest BCUT2D eigenvalue weighted by atomic mass is 16.4. The molecule has 0 aromatic carbocycles. The highest BCUT2D eigenvalue weighted by Crippen LogP contribution is 2.14. The Kier molecular flexibility index (Phi) is 8.42. The number of carbonyl (C=O) groups is 2. The Bertz CT molecular complexity index is 264. The van der Waals surface area contributed by atoms with Crippen molar-refractivity contribution in [1.82, 2.24) is 5.32 Å². The van der Waals surface area contributed by atoms with Crippen LogP contribution in [0.1, 0.15) is 59.8 Å². The van der Waals surface area contributed by atoms with Gasteiger partial charge in [0.05, 0.1) is 0 Å². The minimum absolute atomic E-state index is 0.147. The minimum atomic E-state index is -0.937. The smallest absolute Gasteiger partial charge is 0.326 e. The topological polar surface area (TPSA) is 66.4 Å². The second-order valence-electron chi connectivity index (χ2n) is 5.54. The molecule has 4 nitrogen and oxygen atoms in total. The maximum absolute atomic E-state index is 11.7. The molecule has 2 N–H and O–H groups in total. The zero-order valence-electron chi connectivity index (χ0n) is 12.0. The average Bonchev–Trinajstić information content (AvgIpc) is 2.22. The lowest BCUT2D eigenvalue weighted by atomic mass is 9.95. The van der Waals surface area contributed by atoms with E-state index in [4.69, 9.17) is 5.11 Å². The van der Waals surface area contributed by atoms with E-state index in [1.54, 1.807) is 0 Å². The third kappa shape index (κ3) is 8.09. The first-order chi connectivity index (χ1) is 8.36. The fourth-order valence-electron chi connectivity index (χ4n) is 2.12. The molecule has 106 valence electrons. The van der Waals surface area contributed by atoms with Crippen LogP contribution in [0.15, 0.2) is 0 Å². The Morgan fingerprint density at radius 2 is 1.83 bits per heavy atom. The number of carbonyl (C=O) groups excluding carboxylic acids is 1. The lowest BCUT2D eigenvalue weighted by molar-refractivity contribution is -0.142. The molecule has 0 aliphatic heterocycles. The number of nitrogens with one attached hydrogen (secondary N) is 1. The molecule has 0 bridgehead atoms. The highest BCUT2D eigenvalue weighted by Gasteiger charge is 2.20. The Morgan fingerprint density at radius 1 is 1.22 bits per heavy atom. The van der Waals surface area contributed by atoms with Crippen LogP contribution < -0.4 is 5.32 Å². The summed E-state index contributed by atoms with van der Waals surface area (Å²) in [6, 6.07) is -0.733. The molecule has 2 unspecified atom stereocenters. The van der Waals surface area contributed by atoms with E-state index in [9.17, 15) is 9.59 Å². The average molecular weight is 257 g/mol. The van der Waals surface area contributed by atoms with E-state index in [0.29, 0.717) is 24.7 Å². The van der Waals surface area contributed by atoms with Crippen LogP contribution in [-0.4, -0.2) is 23.0 Å². The van der Waals surface area contributed by atoms with Crippen LogP contribution in [0.3, 0.4) is 0 Å². The van der Waals surface area contributed by atoms with Gasteiger partial charge in [-0.15, -0.1) is 0 Å². The maximum Gasteiger partial charge on any atom is 0.326 e. The van der Waals surface area contributed by atoms with Gasteiger partial charge in [0.25, 0.3) is 0 Å². The van der Waals surface area contributed by atoms with Crippen molar-refractivity contribution in [2.75, 3.05) is 0 Å². The molecular weight excluding hydrogens is 230 g/mol. The fourth-order valence-corrected chi connectivity index (χ4v) is 2.12. The molecular formula is C14H27NO3. The third-order valence-electron chi connectivity index (χ3n) is 2.89. The van der Waals surface area contributed by atoms with Crippen LogP contribution in [0.4, 0.5) is 0 Å². The van der Waals surface area contributed by atoms with Crippen LogP contribution >= 0.6 is 0 Å². The first kappa shape index (κ1) is 16.9. The first-order valence-electron chi connectivity index (χ1n) is 6.88. The van der Waals surface area contributed by atoms with Crippen molar-refractivity contribution in [2.24, 2.45) is 11.8 Å². The SMILES string of the molecule is CCCCC(NC(=O)CC(C)CC(C)C)C(=O)O. The summed E-state index contributed by atoms with van der Waals surface area (Å²) >= 11 is 0. The number of hydrogen-bond acceptors (Lipinski definition) is 2. The summed E-state index contributed by atoms with van der Waals surface area (Å²) in [6.07, 6.45) is 3.66. The van der Waals surface area contributed by atoms with Gasteiger partial charge in [0.2, 0.25) is 5.91 Å². The van der Waals surface area contributed by atoms with Crippen LogP contribution in [0.25, 0.3) is 0 Å². The summed E-state index contributed by atoms with van der Waals surface area (Å²) in [5, 5.41) is 11.6. The Hall–Kier alpha value is -1.06. The van der Waals surface area contributed by atoms with E-state index in [0.717, 1.165) is 19.3 Å². The van der Waals surface area contributed by atoms with Gasteiger partial charge in [-0.25, -0.2) is 4.79 Å². The number of carboxylic acid groups (broad SMARTS) is 1. The summed E-state index contributed by atoms with van der Waals surface area (Å²) in [7, 11) is 0. The number of unbranched alkanes of at least 4 members (excludes halogenated alkanes) is 1. The monoisotopic (exact) mass is 257 g/mol. The molecule has 0 aliphatic rings. The molecule has 0 aromatic rings. The van der Waals surface area contributed by atoms with Crippen molar-refractivity contribution in [3.63, 3.8) is 0 Å². The fraction of sp³-hybridized carbons (Fsp3) is 0.857. The molecule has 4 heteroatoms. The van der Waals surface area contributed by atoms with Gasteiger partial charge in [0.15, 0.2) is 0 Å². The maximum atomic E-state index is 11.7. The van der Waals surface area contributed by atoms with Crippen LogP contribution in [-0.2, 0) is 9.59 Å². The molecule has 0 rings (SSSR count). The molecule has 0 fully saturated rings. The van der Waals surface area contributed by atoms with E-state index >= 15 is 0 Å². The van der Waals surface area contributed by atoms with Gasteiger partial charge in [-0.1, -0.05) is 40.5 Å². The van der Waals surface area contributed by atoms with Crippen LogP contribution in [0.2, 0.25) is 0 Å². The van der Waals surface area contributed by atoms with Crippen LogP contribution in [0, 0.1) is 11.8 Å². The number of hydrogen-bond donors (Lipinski definition) is 2. The molecule has 0 aromatic heterocycles. The Balaban J connectivity index is 4.12. The van der Waals surface area contributed by atoms with Gasteiger partial charge < -0.3 is 10.4 Å². The van der Waals surface area contributed by atoms with Crippen molar-refractivity contribution in [2.45, 2.75) is 65.8 Å². The van der Waals surface area contributed by atoms with Gasteiger partial charge in [-0.05, 0) is 24.7 Å². The summed E-state index contributed by atoms with van der Waals surface area (Å²) in [4.78, 5) is 22.7. The molecule has 0 heterocycles. The molecule has 2 atom stereocenters. The molecule has 0 spiro atoms. The predicted octanol–water partition coefficient (Wildman–Crippen LogP) is 2.82. The molecule has 0 saturated heterocycles. The van der Waals surface area contributed by atoms with E-state index in [1.807, 2.05) is 13.8 Å². The van der Waals surface area contributed by atoms with Crippen molar-refractivity contribution in [1.29, 1.82) is 0 Å². The summed E-state index contributed by atoms with van der Waals surface area (Å²) in [5.41, 5.74) is 0. The summed E-state index contributed by atoms with van der Waals surface area (Å²) < 4.78 is 0. The van der Waals surface area contributed by atoms with Gasteiger partial charge in [-0.3, -0.25) is 4.79 Å². The molecule has 18 heavy (non-hydrogen) atoms. The predicted molar refractivity (Wildman–Crippen MR) is 72.3 cm³/mol. The van der Waals surface area contributed by atoms with Gasteiger partial charge in [-0.2, -0.15) is 0 Å². The number of amides is 1. The summed E-state index contributed by atoms with van der Waals surface area (Å²) in [5.74, 6) is -0.228. The lowest BCUT2D eigenvalue weighted by Gasteiger charge is -2.17. The molecule has 1 amide bonds. The normalized spacial score (nSPS) is 14.3. The molecule has 0 radical (unpaired) electrons. The largest absolute Gasteiger partial charge is 0.480 e. The van der Waals surface area contributed by atoms with Crippen molar-refractivity contribution < 1.29 is 14.7 Å². The Morgan fingerprint density at radius 3 is 2.28 bits per heavy atom. The highest BCUT2D eigenvalue weighted by molar-refractivity contribution is 5.83. The van der Waals surface area contributed by atoms with Crippen LogP contribution in [0.5, 0.6) is 0 Å². The second kappa shape index (κ2) is 8.95. The molecule has 0 saturated carbocycles. The standard InChI is InChI=1S/C14H27NO3/c1-5-6-7-12(14(17)18)15-13(16)9-11(4)8-10(2)3/h10-12H,5-9H2,1-4H3,(H,15,16)(H,17,18). The first-order valence-corrected chi connectivity index (χ1v) is 6.88. The van der Waals surface area contributed by atoms with E-state index in [-0.39, 0.29) is 5.91 Å². The molecule has 0 aliphatic carbocycles. The van der Waals surface area contributed by atoms with Gasteiger partial charge in [0.1, 0.15) is 6.04 Å². The number of carboxylic acids is 1. The van der Waals surface area contributed by atoms with Crippen molar-refractivity contribution in [3.05, 3.63) is 0 Å². The van der Waals surface area contributed by atoms with E-state index < -0.39 is 12.0 Å². The van der Waals surface area contributed by atoms with E-state index in [2.05, 4.69) is 19.2 Å². The minimum Gasteiger partial charge on any atom is -0.480 e. The van der Waals surface area contributed by atoms with Crippen molar-refractivity contribution >= 4 is 11.9 Å². The third-order valence-corrected chi connectivity index (χ3v) is 2.89. The lowest BCUT2D eigenvalue weighted by Crippen LogP contribution is -2.41. The summed E-state index contributed by atoms with van der Waals surface area (Å²) in [6.45, 7) is 8.28. The van der Waals surface area contributed by atoms with Crippen molar-refractivity contribution in [3.8, 4) is 0 Å². The quantitative estimate of drug-likeness (QED) is 0.667.